The topological polar surface area (TPSA) is 94.5 Å². The van der Waals surface area contributed by atoms with Crippen LogP contribution in [0.15, 0.2) is 22.5 Å². The Labute approximate surface area is 110 Å². The quantitative estimate of drug-likeness (QED) is 0.510. The Balaban J connectivity index is 3.20. The zero-order valence-corrected chi connectivity index (χ0v) is 11.2. The van der Waals surface area contributed by atoms with Crippen LogP contribution in [0.1, 0.15) is 13.3 Å². The van der Waals surface area contributed by atoms with E-state index in [1.807, 2.05) is 0 Å². The van der Waals surface area contributed by atoms with Crippen LogP contribution in [0.25, 0.3) is 0 Å². The van der Waals surface area contributed by atoms with Gasteiger partial charge in [-0.05, 0) is 0 Å². The van der Waals surface area contributed by atoms with Gasteiger partial charge < -0.3 is 14.2 Å². The molecule has 0 spiro atoms. The lowest BCUT2D eigenvalue weighted by atomic mass is 9.97. The monoisotopic (exact) mass is 269 g/mol. The largest absolute Gasteiger partial charge is 0.465 e. The summed E-state index contributed by atoms with van der Waals surface area (Å²) in [5.74, 6) is -1.99. The Morgan fingerprint density at radius 2 is 1.37 bits per heavy atom. The fourth-order valence-electron chi connectivity index (χ4n) is 1.66. The van der Waals surface area contributed by atoms with Gasteiger partial charge in [-0.15, -0.1) is 5.32 Å². The van der Waals surface area contributed by atoms with Gasteiger partial charge in [-0.25, -0.2) is 14.4 Å². The van der Waals surface area contributed by atoms with Gasteiger partial charge in [0.2, 0.25) is 0 Å². The number of nitrogens with one attached hydrogen (secondary N) is 1. The zero-order valence-electron chi connectivity index (χ0n) is 11.2. The maximum Gasteiger partial charge on any atom is 0.398 e. The summed E-state index contributed by atoms with van der Waals surface area (Å²) in [5.41, 5.74) is 0.690. The SMILES string of the molecule is COC(=O)C1=C(C)[NH+]C(C(=O)OC)=C(C(=O)OC)C1. The molecule has 0 aromatic carbocycles. The van der Waals surface area contributed by atoms with Gasteiger partial charge in [0.05, 0.1) is 21.3 Å². The minimum atomic E-state index is -0.707. The summed E-state index contributed by atoms with van der Waals surface area (Å²) in [6, 6.07) is 0. The third kappa shape index (κ3) is 3.00. The van der Waals surface area contributed by atoms with E-state index in [1.165, 1.54) is 21.3 Å². The van der Waals surface area contributed by atoms with Crippen LogP contribution < -0.4 is 5.32 Å². The number of hydrogen-bond acceptors (Lipinski definition) is 7. The van der Waals surface area contributed by atoms with Crippen LogP contribution in [0.5, 0.6) is 0 Å². The molecule has 1 N–H and O–H groups in total. The van der Waals surface area contributed by atoms with Crippen LogP contribution >= 0.6 is 0 Å². The molecule has 1 radical (unpaired) electrons. The molecule has 0 atom stereocenters. The Hall–Kier alpha value is -2.15. The van der Waals surface area contributed by atoms with Crippen molar-refractivity contribution < 1.29 is 33.9 Å². The first-order chi connectivity index (χ1) is 8.96. The van der Waals surface area contributed by atoms with Gasteiger partial charge >= 0.3 is 17.9 Å². The smallest absolute Gasteiger partial charge is 0.398 e. The summed E-state index contributed by atoms with van der Waals surface area (Å²) in [4.78, 5) is 34.8. The normalized spacial score (nSPS) is 15.2. The zero-order chi connectivity index (χ0) is 14.6. The molecule has 0 fully saturated rings. The van der Waals surface area contributed by atoms with Crippen molar-refractivity contribution in [1.82, 2.24) is 0 Å². The molecule has 1 rings (SSSR count). The number of esters is 3. The summed E-state index contributed by atoms with van der Waals surface area (Å²) in [7, 11) is 3.62. The Morgan fingerprint density at radius 1 is 0.895 bits per heavy atom. The van der Waals surface area contributed by atoms with Crippen LogP contribution in [0.3, 0.4) is 0 Å². The lowest BCUT2D eigenvalue weighted by molar-refractivity contribution is -0.553. The molecule has 1 heterocycles. The standard InChI is InChI=1S/C12H15NO6/c1-6-7(10(14)17-2)5-8(11(15)18-3)9(13-6)12(16)19-4/h13H,5H2,1-4H3/q+1. The fraction of sp³-hybridized carbons (Fsp3) is 0.417. The van der Waals surface area contributed by atoms with Crippen molar-refractivity contribution in [2.45, 2.75) is 13.3 Å². The molecule has 0 bridgehead atoms. The van der Waals surface area contributed by atoms with Crippen molar-refractivity contribution in [3.63, 3.8) is 0 Å². The second-order valence-electron chi connectivity index (χ2n) is 3.73. The van der Waals surface area contributed by atoms with Crippen LogP contribution in [-0.2, 0) is 28.6 Å². The van der Waals surface area contributed by atoms with Crippen molar-refractivity contribution in [3.8, 4) is 0 Å². The molecule has 0 amide bonds. The van der Waals surface area contributed by atoms with E-state index >= 15 is 0 Å². The third-order valence-corrected chi connectivity index (χ3v) is 2.67. The average molecular weight is 269 g/mol. The Kier molecular flexibility index (Phi) is 4.82. The Morgan fingerprint density at radius 3 is 1.84 bits per heavy atom. The molecule has 1 aliphatic rings. The van der Waals surface area contributed by atoms with E-state index in [1.54, 1.807) is 6.92 Å². The first-order valence-corrected chi connectivity index (χ1v) is 5.41. The minimum Gasteiger partial charge on any atom is -0.465 e. The van der Waals surface area contributed by atoms with Gasteiger partial charge in [0.15, 0.2) is 5.70 Å². The van der Waals surface area contributed by atoms with Crippen molar-refractivity contribution in [2.75, 3.05) is 21.3 Å². The first kappa shape index (κ1) is 14.9. The highest BCUT2D eigenvalue weighted by atomic mass is 16.5. The van der Waals surface area contributed by atoms with E-state index in [0.717, 1.165) is 0 Å². The van der Waals surface area contributed by atoms with Gasteiger partial charge in [0, 0.05) is 13.3 Å². The maximum atomic E-state index is 11.7. The number of dihydropyridines is 1. The molecule has 103 valence electrons. The Bertz CT molecular complexity index is 488. The fourth-order valence-corrected chi connectivity index (χ4v) is 1.66. The number of allylic oxidation sites excluding steroid dienone is 1. The molecule has 0 saturated carbocycles. The molecule has 1 aliphatic heterocycles. The molecule has 19 heavy (non-hydrogen) atoms. The number of carbonyl (C=O) groups is 3. The summed E-state index contributed by atoms with van der Waals surface area (Å²) >= 11 is 0. The van der Waals surface area contributed by atoms with Crippen molar-refractivity contribution in [3.05, 3.63) is 22.5 Å². The molecule has 7 heteroatoms. The van der Waals surface area contributed by atoms with Crippen molar-refractivity contribution in [1.29, 1.82) is 0 Å². The number of carbonyl (C=O) groups excluding carboxylic acids is 3. The van der Waals surface area contributed by atoms with Gasteiger partial charge in [-0.1, -0.05) is 0 Å². The molecule has 0 aliphatic carbocycles. The minimum absolute atomic E-state index is 0.0281. The van der Waals surface area contributed by atoms with Crippen LogP contribution in [-0.4, -0.2) is 39.2 Å². The van der Waals surface area contributed by atoms with Crippen molar-refractivity contribution >= 4 is 17.9 Å². The van der Waals surface area contributed by atoms with Gasteiger partial charge in [-0.2, -0.15) is 0 Å². The van der Waals surface area contributed by atoms with Gasteiger partial charge in [0.1, 0.15) is 11.1 Å². The number of rotatable bonds is 3. The molecule has 0 aromatic rings. The molecule has 0 unspecified atom stereocenters. The van der Waals surface area contributed by atoms with Crippen LogP contribution in [0.2, 0.25) is 0 Å². The summed E-state index contributed by atoms with van der Waals surface area (Å²) < 4.78 is 13.8. The predicted molar refractivity (Wildman–Crippen MR) is 61.4 cm³/mol. The number of hydrogen-bond donors (Lipinski definition) is 1. The maximum absolute atomic E-state index is 11.7. The van der Waals surface area contributed by atoms with Gasteiger partial charge in [-0.3, -0.25) is 0 Å². The highest BCUT2D eigenvalue weighted by Gasteiger charge is 2.38. The van der Waals surface area contributed by atoms with Crippen LogP contribution in [0.4, 0.5) is 0 Å². The molecule has 0 saturated heterocycles. The van der Waals surface area contributed by atoms with E-state index in [2.05, 4.69) is 19.5 Å². The average Bonchev–Trinajstić information content (AvgIpc) is 2.44. The lowest BCUT2D eigenvalue weighted by Gasteiger charge is -2.14. The second kappa shape index (κ2) is 6.14. The molecular weight excluding hydrogens is 254 g/mol. The molecule has 0 aromatic heterocycles. The molecule has 7 nitrogen and oxygen atoms in total. The highest BCUT2D eigenvalue weighted by Crippen LogP contribution is 2.21. The predicted octanol–water partition coefficient (Wildman–Crippen LogP) is -1.21. The van der Waals surface area contributed by atoms with E-state index in [0.29, 0.717) is 5.70 Å². The number of methoxy groups -OCH3 is 3. The van der Waals surface area contributed by atoms with E-state index in [-0.39, 0.29) is 23.3 Å². The van der Waals surface area contributed by atoms with Crippen molar-refractivity contribution in [2.24, 2.45) is 0 Å². The van der Waals surface area contributed by atoms with Crippen LogP contribution in [0, 0.1) is 0 Å². The number of ether oxygens (including phenoxy) is 3. The third-order valence-electron chi connectivity index (χ3n) is 2.67. The second-order valence-corrected chi connectivity index (χ2v) is 3.73. The first-order valence-electron chi connectivity index (χ1n) is 5.41. The molecular formula is C12H15NO6+. The summed E-state index contributed by atoms with van der Waals surface area (Å²) in [6.07, 6.45) is -0.0530. The van der Waals surface area contributed by atoms with Gasteiger partial charge in [0.25, 0.3) is 5.70 Å². The summed E-state index contributed by atoms with van der Waals surface area (Å²) in [6.45, 7) is 1.60. The van der Waals surface area contributed by atoms with E-state index < -0.39 is 17.9 Å². The lowest BCUT2D eigenvalue weighted by Crippen LogP contribution is -2.83. The van der Waals surface area contributed by atoms with E-state index in [9.17, 15) is 14.4 Å². The summed E-state index contributed by atoms with van der Waals surface area (Å²) in [5, 5.41) is 2.68. The van der Waals surface area contributed by atoms with E-state index in [4.69, 9.17) is 0 Å². The highest BCUT2D eigenvalue weighted by molar-refractivity contribution is 6.01.